The Balaban J connectivity index is 2.01. The summed E-state index contributed by atoms with van der Waals surface area (Å²) < 4.78 is 1.92. The Labute approximate surface area is 116 Å². The summed E-state index contributed by atoms with van der Waals surface area (Å²) in [5, 5.41) is 18.3. The molecule has 7 nitrogen and oxygen atoms in total. The Morgan fingerprint density at radius 1 is 1.37 bits per heavy atom. The summed E-state index contributed by atoms with van der Waals surface area (Å²) in [4.78, 5) is 22.4. The van der Waals surface area contributed by atoms with Crippen LogP contribution >= 0.6 is 15.9 Å². The second-order valence-corrected chi connectivity index (χ2v) is 4.49. The summed E-state index contributed by atoms with van der Waals surface area (Å²) in [6, 6.07) is 7.16. The minimum atomic E-state index is -1.18. The van der Waals surface area contributed by atoms with Gasteiger partial charge in [-0.2, -0.15) is 0 Å². The number of carbonyl (C=O) groups excluding carboxylic acids is 1. The van der Waals surface area contributed by atoms with Crippen LogP contribution in [0.15, 0.2) is 34.9 Å². The molecule has 0 atom stereocenters. The van der Waals surface area contributed by atoms with E-state index in [1.165, 1.54) is 6.20 Å². The molecule has 2 aromatic rings. The number of anilines is 1. The number of amides is 1. The van der Waals surface area contributed by atoms with Crippen LogP contribution in [0.4, 0.5) is 5.69 Å². The molecule has 0 aliphatic carbocycles. The molecule has 1 aromatic heterocycles. The highest BCUT2D eigenvalue weighted by Crippen LogP contribution is 2.20. The first-order valence-corrected chi connectivity index (χ1v) is 6.03. The third-order valence-electron chi connectivity index (χ3n) is 2.21. The zero-order valence-corrected chi connectivity index (χ0v) is 11.2. The van der Waals surface area contributed by atoms with Crippen molar-refractivity contribution in [3.05, 3.63) is 40.6 Å². The molecule has 0 bridgehead atoms. The molecule has 0 fully saturated rings. The second-order valence-electron chi connectivity index (χ2n) is 3.63. The lowest BCUT2D eigenvalue weighted by molar-refractivity contribution is -0.116. The molecule has 8 heteroatoms. The zero-order chi connectivity index (χ0) is 13.8. The Morgan fingerprint density at radius 3 is 2.74 bits per heavy atom. The number of aromatic carboxylic acids is 1. The third-order valence-corrected chi connectivity index (χ3v) is 2.90. The predicted octanol–water partition coefficient (Wildman–Crippen LogP) is 1.38. The number of carboxylic acid groups (broad SMARTS) is 1. The zero-order valence-electron chi connectivity index (χ0n) is 9.58. The summed E-state index contributed by atoms with van der Waals surface area (Å²) in [5.74, 6) is -1.51. The van der Waals surface area contributed by atoms with Crippen molar-refractivity contribution < 1.29 is 14.7 Å². The summed E-state index contributed by atoms with van der Waals surface area (Å²) in [6.45, 7) is -0.110. The van der Waals surface area contributed by atoms with Crippen LogP contribution in [-0.4, -0.2) is 32.0 Å². The number of rotatable bonds is 4. The topological polar surface area (TPSA) is 97.1 Å². The maximum absolute atomic E-state index is 11.7. The first-order valence-electron chi connectivity index (χ1n) is 5.24. The molecule has 0 spiro atoms. The molecule has 0 radical (unpaired) electrons. The fourth-order valence-corrected chi connectivity index (χ4v) is 1.76. The van der Waals surface area contributed by atoms with E-state index in [-0.39, 0.29) is 18.1 Å². The molecule has 0 saturated carbocycles. The molecule has 1 amide bonds. The van der Waals surface area contributed by atoms with Crippen LogP contribution in [0.25, 0.3) is 0 Å². The number of aromatic nitrogens is 3. The van der Waals surface area contributed by atoms with Gasteiger partial charge in [-0.15, -0.1) is 5.10 Å². The fraction of sp³-hybridized carbons (Fsp3) is 0.0909. The molecular weight excluding hydrogens is 316 g/mol. The first kappa shape index (κ1) is 13.2. The van der Waals surface area contributed by atoms with Gasteiger partial charge in [0.2, 0.25) is 5.91 Å². The summed E-state index contributed by atoms with van der Waals surface area (Å²) in [6.07, 6.45) is 1.20. The lowest BCUT2D eigenvalue weighted by Gasteiger charge is -2.06. The van der Waals surface area contributed by atoms with E-state index < -0.39 is 5.97 Å². The van der Waals surface area contributed by atoms with E-state index in [1.54, 1.807) is 18.2 Å². The van der Waals surface area contributed by atoms with Gasteiger partial charge in [0.1, 0.15) is 6.54 Å². The monoisotopic (exact) mass is 324 g/mol. The SMILES string of the molecule is O=C(Cn1cc(C(=O)O)nn1)Nc1ccccc1Br. The maximum atomic E-state index is 11.7. The molecule has 0 saturated heterocycles. The number of hydrogen-bond donors (Lipinski definition) is 2. The molecule has 19 heavy (non-hydrogen) atoms. The maximum Gasteiger partial charge on any atom is 0.358 e. The Hall–Kier alpha value is -2.22. The van der Waals surface area contributed by atoms with E-state index in [0.29, 0.717) is 5.69 Å². The van der Waals surface area contributed by atoms with Gasteiger partial charge in [0, 0.05) is 4.47 Å². The van der Waals surface area contributed by atoms with Crippen LogP contribution in [-0.2, 0) is 11.3 Å². The number of benzene rings is 1. The molecule has 0 unspecified atom stereocenters. The van der Waals surface area contributed by atoms with Crippen molar-refractivity contribution in [3.8, 4) is 0 Å². The van der Waals surface area contributed by atoms with E-state index in [4.69, 9.17) is 5.11 Å². The lowest BCUT2D eigenvalue weighted by atomic mass is 10.3. The highest BCUT2D eigenvalue weighted by Gasteiger charge is 2.11. The number of nitrogens with zero attached hydrogens (tertiary/aromatic N) is 3. The van der Waals surface area contributed by atoms with Gasteiger partial charge in [-0.05, 0) is 28.1 Å². The molecular formula is C11H9BrN4O3. The van der Waals surface area contributed by atoms with Crippen molar-refractivity contribution in [2.45, 2.75) is 6.54 Å². The van der Waals surface area contributed by atoms with Crippen LogP contribution in [0, 0.1) is 0 Å². The molecule has 98 valence electrons. The average molecular weight is 325 g/mol. The molecule has 1 heterocycles. The van der Waals surface area contributed by atoms with Crippen molar-refractivity contribution in [2.75, 3.05) is 5.32 Å². The number of halogens is 1. The normalized spacial score (nSPS) is 10.2. The van der Waals surface area contributed by atoms with Crippen LogP contribution in [0.3, 0.4) is 0 Å². The number of hydrogen-bond acceptors (Lipinski definition) is 4. The number of carbonyl (C=O) groups is 2. The number of para-hydroxylation sites is 1. The van der Waals surface area contributed by atoms with E-state index in [9.17, 15) is 9.59 Å². The van der Waals surface area contributed by atoms with Crippen LogP contribution in [0.5, 0.6) is 0 Å². The van der Waals surface area contributed by atoms with E-state index in [1.807, 2.05) is 6.07 Å². The van der Waals surface area contributed by atoms with Crippen LogP contribution < -0.4 is 5.32 Å². The third kappa shape index (κ3) is 3.38. The minimum absolute atomic E-state index is 0.110. The van der Waals surface area contributed by atoms with Crippen LogP contribution in [0.1, 0.15) is 10.5 Å². The summed E-state index contributed by atoms with van der Waals surface area (Å²) >= 11 is 3.31. The van der Waals surface area contributed by atoms with Gasteiger partial charge in [-0.1, -0.05) is 17.3 Å². The van der Waals surface area contributed by atoms with Crippen molar-refractivity contribution >= 4 is 33.5 Å². The minimum Gasteiger partial charge on any atom is -0.476 e. The highest BCUT2D eigenvalue weighted by molar-refractivity contribution is 9.10. The van der Waals surface area contributed by atoms with Gasteiger partial charge in [0.05, 0.1) is 11.9 Å². The van der Waals surface area contributed by atoms with E-state index >= 15 is 0 Å². The average Bonchev–Trinajstić information content (AvgIpc) is 2.80. The lowest BCUT2D eigenvalue weighted by Crippen LogP contribution is -2.19. The number of carboxylic acids is 1. The first-order chi connectivity index (χ1) is 9.06. The predicted molar refractivity (Wildman–Crippen MR) is 69.8 cm³/mol. The largest absolute Gasteiger partial charge is 0.476 e. The van der Waals surface area contributed by atoms with Crippen molar-refractivity contribution in [3.63, 3.8) is 0 Å². The molecule has 0 aliphatic heterocycles. The van der Waals surface area contributed by atoms with Crippen molar-refractivity contribution in [1.29, 1.82) is 0 Å². The summed E-state index contributed by atoms with van der Waals surface area (Å²) in [7, 11) is 0. The van der Waals surface area contributed by atoms with Gasteiger partial charge >= 0.3 is 5.97 Å². The Kier molecular flexibility index (Phi) is 3.91. The second kappa shape index (κ2) is 5.61. The Morgan fingerprint density at radius 2 is 2.11 bits per heavy atom. The highest BCUT2D eigenvalue weighted by atomic mass is 79.9. The van der Waals surface area contributed by atoms with E-state index in [0.717, 1.165) is 9.15 Å². The molecule has 0 aliphatic rings. The van der Waals surface area contributed by atoms with Gasteiger partial charge in [0.15, 0.2) is 5.69 Å². The Bertz CT molecular complexity index is 626. The standard InChI is InChI=1S/C11H9BrN4O3/c12-7-3-1-2-4-8(7)13-10(17)6-16-5-9(11(18)19)14-15-16/h1-5H,6H2,(H,13,17)(H,18,19). The fourth-order valence-electron chi connectivity index (χ4n) is 1.37. The molecule has 2 N–H and O–H groups in total. The smallest absolute Gasteiger partial charge is 0.358 e. The van der Waals surface area contributed by atoms with Gasteiger partial charge in [-0.3, -0.25) is 4.79 Å². The quantitative estimate of drug-likeness (QED) is 0.885. The molecule has 2 rings (SSSR count). The van der Waals surface area contributed by atoms with Gasteiger partial charge < -0.3 is 10.4 Å². The van der Waals surface area contributed by atoms with Gasteiger partial charge in [-0.25, -0.2) is 9.48 Å². The van der Waals surface area contributed by atoms with Crippen molar-refractivity contribution in [1.82, 2.24) is 15.0 Å². The summed E-state index contributed by atoms with van der Waals surface area (Å²) in [5.41, 5.74) is 0.430. The van der Waals surface area contributed by atoms with Crippen LogP contribution in [0.2, 0.25) is 0 Å². The molecule has 1 aromatic carbocycles. The van der Waals surface area contributed by atoms with E-state index in [2.05, 4.69) is 31.6 Å². The van der Waals surface area contributed by atoms with Gasteiger partial charge in [0.25, 0.3) is 0 Å². The number of nitrogens with one attached hydrogen (secondary N) is 1. The van der Waals surface area contributed by atoms with Crippen molar-refractivity contribution in [2.24, 2.45) is 0 Å².